The van der Waals surface area contributed by atoms with Gasteiger partial charge in [-0.2, -0.15) is 0 Å². The molecule has 0 saturated carbocycles. The smallest absolute Gasteiger partial charge is 0.235 e. The van der Waals surface area contributed by atoms with Crippen molar-refractivity contribution in [3.63, 3.8) is 0 Å². The van der Waals surface area contributed by atoms with E-state index >= 15 is 0 Å². The van der Waals surface area contributed by atoms with Gasteiger partial charge in [-0.15, -0.1) is 0 Å². The minimum Gasteiger partial charge on any atom is -0.492 e. The zero-order valence-electron chi connectivity index (χ0n) is 18.6. The monoisotopic (exact) mass is 483 g/mol. The Morgan fingerprint density at radius 2 is 1.78 bits per heavy atom. The fraction of sp³-hybridized carbons (Fsp3) is 0.478. The summed E-state index contributed by atoms with van der Waals surface area (Å²) in [5.74, 6) is 0.827. The zero-order valence-corrected chi connectivity index (χ0v) is 20.2. The Morgan fingerprint density at radius 1 is 1.03 bits per heavy atom. The van der Waals surface area contributed by atoms with Crippen LogP contribution in [0.4, 0.5) is 11.4 Å². The molecule has 9 heteroatoms. The molecule has 0 aliphatic carbocycles. The fourth-order valence-corrected chi connectivity index (χ4v) is 4.84. The standard InChI is InChI=1S/C23H34ClN3O4S/c1-2-3-6-19-32(28,29)27(15-18-30-16-13-25)23-8-5-4-7-22(23)26-14-17-31-21-11-9-20(24)10-12-21/h4-5,7-12,26H,2-3,6,13-19,25H2,1H3. The summed E-state index contributed by atoms with van der Waals surface area (Å²) < 4.78 is 38.9. The minimum absolute atomic E-state index is 0.103. The van der Waals surface area contributed by atoms with Crippen LogP contribution in [-0.2, 0) is 14.8 Å². The predicted octanol–water partition coefficient (Wildman–Crippen LogP) is 4.13. The zero-order chi connectivity index (χ0) is 23.2. The molecule has 0 fully saturated rings. The molecule has 0 aliphatic heterocycles. The Hall–Kier alpha value is -2.00. The van der Waals surface area contributed by atoms with Gasteiger partial charge in [0.25, 0.3) is 0 Å². The van der Waals surface area contributed by atoms with Crippen molar-refractivity contribution in [3.05, 3.63) is 53.6 Å². The molecule has 2 rings (SSSR count). The van der Waals surface area contributed by atoms with E-state index in [1.807, 2.05) is 36.4 Å². The predicted molar refractivity (Wildman–Crippen MR) is 132 cm³/mol. The van der Waals surface area contributed by atoms with Gasteiger partial charge >= 0.3 is 0 Å². The molecule has 178 valence electrons. The molecule has 0 amide bonds. The average molecular weight is 484 g/mol. The highest BCUT2D eigenvalue weighted by atomic mass is 35.5. The van der Waals surface area contributed by atoms with Crippen molar-refractivity contribution < 1.29 is 17.9 Å². The van der Waals surface area contributed by atoms with Crippen LogP contribution in [0.25, 0.3) is 0 Å². The van der Waals surface area contributed by atoms with Crippen LogP contribution >= 0.6 is 11.6 Å². The highest BCUT2D eigenvalue weighted by Gasteiger charge is 2.24. The van der Waals surface area contributed by atoms with Gasteiger partial charge in [-0.3, -0.25) is 4.31 Å². The van der Waals surface area contributed by atoms with E-state index in [0.29, 0.717) is 43.4 Å². The third kappa shape index (κ3) is 8.86. The van der Waals surface area contributed by atoms with Gasteiger partial charge in [0.15, 0.2) is 0 Å². The second-order valence-electron chi connectivity index (χ2n) is 7.24. The number of halogens is 1. The molecule has 0 saturated heterocycles. The number of nitrogens with zero attached hydrogens (tertiary/aromatic N) is 1. The molecule has 0 aliphatic rings. The Balaban J connectivity index is 2.08. The van der Waals surface area contributed by atoms with Crippen LogP contribution < -0.4 is 20.1 Å². The number of hydrogen-bond donors (Lipinski definition) is 2. The number of anilines is 2. The van der Waals surface area contributed by atoms with E-state index < -0.39 is 10.0 Å². The van der Waals surface area contributed by atoms with E-state index in [4.69, 9.17) is 26.8 Å². The minimum atomic E-state index is -3.50. The maximum atomic E-state index is 13.1. The van der Waals surface area contributed by atoms with E-state index in [9.17, 15) is 8.42 Å². The number of hydrogen-bond acceptors (Lipinski definition) is 6. The molecule has 0 aromatic heterocycles. The Labute approximate surface area is 196 Å². The first-order valence-corrected chi connectivity index (χ1v) is 13.0. The first-order chi connectivity index (χ1) is 15.5. The van der Waals surface area contributed by atoms with Crippen LogP contribution in [0.3, 0.4) is 0 Å². The Morgan fingerprint density at radius 3 is 2.50 bits per heavy atom. The lowest BCUT2D eigenvalue weighted by Gasteiger charge is -2.27. The molecular weight excluding hydrogens is 450 g/mol. The second kappa shape index (κ2) is 14.2. The molecule has 0 heterocycles. The van der Waals surface area contributed by atoms with Crippen LogP contribution in [-0.4, -0.2) is 53.6 Å². The number of nitrogens with one attached hydrogen (secondary N) is 1. The second-order valence-corrected chi connectivity index (χ2v) is 9.69. The molecule has 32 heavy (non-hydrogen) atoms. The molecule has 0 unspecified atom stereocenters. The molecule has 7 nitrogen and oxygen atoms in total. The van der Waals surface area contributed by atoms with E-state index in [-0.39, 0.29) is 18.9 Å². The lowest BCUT2D eigenvalue weighted by molar-refractivity contribution is 0.150. The van der Waals surface area contributed by atoms with Crippen LogP contribution in [0.2, 0.25) is 5.02 Å². The first-order valence-electron chi connectivity index (χ1n) is 11.0. The molecule has 0 atom stereocenters. The van der Waals surface area contributed by atoms with Crippen molar-refractivity contribution in [2.45, 2.75) is 26.2 Å². The van der Waals surface area contributed by atoms with E-state index in [2.05, 4.69) is 12.2 Å². The van der Waals surface area contributed by atoms with E-state index in [1.54, 1.807) is 12.1 Å². The first kappa shape index (κ1) is 26.3. The lowest BCUT2D eigenvalue weighted by atomic mass is 10.2. The maximum Gasteiger partial charge on any atom is 0.235 e. The summed E-state index contributed by atoms with van der Waals surface area (Å²) in [4.78, 5) is 0. The number of ether oxygens (including phenoxy) is 2. The van der Waals surface area contributed by atoms with Crippen LogP contribution in [0.1, 0.15) is 26.2 Å². The summed E-state index contributed by atoms with van der Waals surface area (Å²) in [6, 6.07) is 14.5. The highest BCUT2D eigenvalue weighted by Crippen LogP contribution is 2.28. The van der Waals surface area contributed by atoms with Crippen molar-refractivity contribution in [3.8, 4) is 5.75 Å². The molecule has 0 bridgehead atoms. The molecule has 2 aromatic rings. The van der Waals surface area contributed by atoms with Crippen molar-refractivity contribution in [1.29, 1.82) is 0 Å². The van der Waals surface area contributed by atoms with Gasteiger partial charge in [0, 0.05) is 18.1 Å². The van der Waals surface area contributed by atoms with Crippen molar-refractivity contribution >= 4 is 33.0 Å². The van der Waals surface area contributed by atoms with Crippen LogP contribution in [0, 0.1) is 0 Å². The summed E-state index contributed by atoms with van der Waals surface area (Å²) in [7, 11) is -3.50. The van der Waals surface area contributed by atoms with Gasteiger partial charge in [-0.1, -0.05) is 43.5 Å². The summed E-state index contributed by atoms with van der Waals surface area (Å²) in [5.41, 5.74) is 6.81. The Kier molecular flexibility index (Phi) is 11.7. The molecule has 2 aromatic carbocycles. The van der Waals surface area contributed by atoms with Crippen molar-refractivity contribution in [2.75, 3.05) is 54.8 Å². The summed E-state index contributed by atoms with van der Waals surface area (Å²) >= 11 is 5.89. The number of benzene rings is 2. The number of unbranched alkanes of at least 4 members (excludes halogenated alkanes) is 2. The number of para-hydroxylation sites is 2. The SMILES string of the molecule is CCCCCS(=O)(=O)N(CCOCCN)c1ccccc1NCCOc1ccc(Cl)cc1. The number of nitrogens with two attached hydrogens (primary N) is 1. The van der Waals surface area contributed by atoms with Gasteiger partial charge < -0.3 is 20.5 Å². The van der Waals surface area contributed by atoms with E-state index in [0.717, 1.165) is 24.3 Å². The van der Waals surface area contributed by atoms with Crippen LogP contribution in [0.5, 0.6) is 5.75 Å². The van der Waals surface area contributed by atoms with Crippen molar-refractivity contribution in [2.24, 2.45) is 5.73 Å². The van der Waals surface area contributed by atoms with E-state index in [1.165, 1.54) is 4.31 Å². The van der Waals surface area contributed by atoms with Crippen molar-refractivity contribution in [1.82, 2.24) is 0 Å². The lowest BCUT2D eigenvalue weighted by Crippen LogP contribution is -2.36. The van der Waals surface area contributed by atoms with Gasteiger partial charge in [-0.25, -0.2) is 8.42 Å². The highest BCUT2D eigenvalue weighted by molar-refractivity contribution is 7.92. The topological polar surface area (TPSA) is 93.9 Å². The molecule has 3 N–H and O–H groups in total. The summed E-state index contributed by atoms with van der Waals surface area (Å²) in [6.07, 6.45) is 2.46. The van der Waals surface area contributed by atoms with Crippen LogP contribution in [0.15, 0.2) is 48.5 Å². The third-order valence-corrected chi connectivity index (χ3v) is 6.82. The van der Waals surface area contributed by atoms with Gasteiger partial charge in [0.05, 0.1) is 36.9 Å². The summed E-state index contributed by atoms with van der Waals surface area (Å²) in [5, 5.41) is 3.95. The summed E-state index contributed by atoms with van der Waals surface area (Å²) in [6.45, 7) is 4.27. The quantitative estimate of drug-likeness (QED) is 0.348. The average Bonchev–Trinajstić information content (AvgIpc) is 2.78. The van der Waals surface area contributed by atoms with Gasteiger partial charge in [0.2, 0.25) is 10.0 Å². The molecular formula is C23H34ClN3O4S. The molecule has 0 spiro atoms. The van der Waals surface area contributed by atoms with Gasteiger partial charge in [-0.05, 0) is 42.8 Å². The maximum absolute atomic E-state index is 13.1. The normalized spacial score (nSPS) is 11.3. The Bertz CT molecular complexity index is 894. The fourth-order valence-electron chi connectivity index (χ4n) is 3.11. The third-order valence-electron chi connectivity index (χ3n) is 4.72. The van der Waals surface area contributed by atoms with Gasteiger partial charge in [0.1, 0.15) is 12.4 Å². The number of rotatable bonds is 16. The molecule has 0 radical (unpaired) electrons. The number of sulfonamides is 1. The largest absolute Gasteiger partial charge is 0.492 e.